The number of hydrogen-bond donors (Lipinski definition) is 1. The smallest absolute Gasteiger partial charge is 0.120 e. The van der Waals surface area contributed by atoms with Crippen LogP contribution in [0, 0.1) is 5.92 Å². The molecule has 4 rings (SSSR count). The van der Waals surface area contributed by atoms with Crippen molar-refractivity contribution in [2.75, 3.05) is 5.32 Å². The van der Waals surface area contributed by atoms with Gasteiger partial charge in [0.05, 0.1) is 12.1 Å². The van der Waals surface area contributed by atoms with E-state index < -0.39 is 0 Å². The maximum absolute atomic E-state index is 6.22. The third kappa shape index (κ3) is 2.80. The molecule has 2 aromatic rings. The Balaban J connectivity index is 1.72. The molecule has 124 valence electrons. The monoisotopic (exact) mass is 339 g/mol. The highest BCUT2D eigenvalue weighted by molar-refractivity contribution is 6.30. The molecule has 3 atom stereocenters. The van der Waals surface area contributed by atoms with Crippen molar-refractivity contribution in [2.24, 2.45) is 5.92 Å². The molecule has 3 unspecified atom stereocenters. The fourth-order valence-electron chi connectivity index (χ4n) is 3.95. The van der Waals surface area contributed by atoms with E-state index >= 15 is 0 Å². The normalized spacial score (nSPS) is 24.4. The van der Waals surface area contributed by atoms with E-state index in [1.807, 2.05) is 12.1 Å². The Morgan fingerprint density at radius 1 is 1.17 bits per heavy atom. The van der Waals surface area contributed by atoms with Crippen LogP contribution in [0.15, 0.2) is 54.6 Å². The standard InChI is InChI=1S/C21H22ClNO/c1-13(2)24-16-9-10-20-19(12-16)17-7-4-8-18(17)21(23-20)14-5-3-6-15(22)11-14/h3-7,9-13,17-18,21,23H,8H2,1-2H3. The van der Waals surface area contributed by atoms with E-state index in [-0.39, 0.29) is 12.1 Å². The van der Waals surface area contributed by atoms with E-state index in [0.717, 1.165) is 17.2 Å². The Bertz CT molecular complexity index is 783. The molecular weight excluding hydrogens is 318 g/mol. The van der Waals surface area contributed by atoms with Gasteiger partial charge in [-0.3, -0.25) is 0 Å². The number of benzene rings is 2. The Hall–Kier alpha value is -1.93. The summed E-state index contributed by atoms with van der Waals surface area (Å²) in [6.45, 7) is 4.12. The van der Waals surface area contributed by atoms with Crippen molar-refractivity contribution < 1.29 is 4.74 Å². The molecule has 3 heteroatoms. The molecule has 1 aliphatic heterocycles. The van der Waals surface area contributed by atoms with Gasteiger partial charge in [0.25, 0.3) is 0 Å². The summed E-state index contributed by atoms with van der Waals surface area (Å²) in [5.74, 6) is 1.90. The molecule has 2 aliphatic rings. The minimum Gasteiger partial charge on any atom is -0.491 e. The van der Waals surface area contributed by atoms with Crippen molar-refractivity contribution in [3.8, 4) is 5.75 Å². The number of fused-ring (bicyclic) bond motifs is 3. The molecule has 0 aromatic heterocycles. The number of allylic oxidation sites excluding steroid dienone is 2. The summed E-state index contributed by atoms with van der Waals surface area (Å²) in [6, 6.07) is 14.9. The highest BCUT2D eigenvalue weighted by Crippen LogP contribution is 2.50. The summed E-state index contributed by atoms with van der Waals surface area (Å²) in [5, 5.41) is 4.53. The molecule has 0 saturated heterocycles. The largest absolute Gasteiger partial charge is 0.491 e. The number of ether oxygens (including phenoxy) is 1. The van der Waals surface area contributed by atoms with Gasteiger partial charge in [-0.1, -0.05) is 35.9 Å². The summed E-state index contributed by atoms with van der Waals surface area (Å²) in [6.07, 6.45) is 5.93. The fourth-order valence-corrected chi connectivity index (χ4v) is 4.15. The second-order valence-corrected chi connectivity index (χ2v) is 7.38. The third-order valence-corrected chi connectivity index (χ3v) is 5.15. The number of anilines is 1. The second-order valence-electron chi connectivity index (χ2n) is 6.95. The van der Waals surface area contributed by atoms with Crippen LogP contribution in [0.25, 0.3) is 0 Å². The summed E-state index contributed by atoms with van der Waals surface area (Å²) < 4.78 is 5.89. The maximum Gasteiger partial charge on any atom is 0.120 e. The lowest BCUT2D eigenvalue weighted by molar-refractivity contribution is 0.242. The molecule has 0 amide bonds. The Labute approximate surface area is 148 Å². The van der Waals surface area contributed by atoms with Crippen LogP contribution in [0.4, 0.5) is 5.69 Å². The predicted octanol–water partition coefficient (Wildman–Crippen LogP) is 5.95. The van der Waals surface area contributed by atoms with Gasteiger partial charge < -0.3 is 10.1 Å². The first-order valence-corrected chi connectivity index (χ1v) is 8.99. The first-order chi connectivity index (χ1) is 11.6. The average Bonchev–Trinajstić information content (AvgIpc) is 3.03. The fraction of sp³-hybridized carbons (Fsp3) is 0.333. The maximum atomic E-state index is 6.22. The van der Waals surface area contributed by atoms with Gasteiger partial charge in [0.2, 0.25) is 0 Å². The molecule has 0 saturated carbocycles. The number of hydrogen-bond acceptors (Lipinski definition) is 2. The van der Waals surface area contributed by atoms with Gasteiger partial charge in [0.15, 0.2) is 0 Å². The Morgan fingerprint density at radius 3 is 2.83 bits per heavy atom. The molecule has 0 fully saturated rings. The van der Waals surface area contributed by atoms with Crippen molar-refractivity contribution >= 4 is 17.3 Å². The van der Waals surface area contributed by atoms with Crippen LogP contribution in [0.2, 0.25) is 5.02 Å². The summed E-state index contributed by atoms with van der Waals surface area (Å²) >= 11 is 6.22. The van der Waals surface area contributed by atoms with E-state index in [9.17, 15) is 0 Å². The average molecular weight is 340 g/mol. The molecule has 2 aromatic carbocycles. The molecular formula is C21H22ClNO. The van der Waals surface area contributed by atoms with Crippen LogP contribution in [0.5, 0.6) is 5.75 Å². The topological polar surface area (TPSA) is 21.3 Å². The summed E-state index contributed by atoms with van der Waals surface area (Å²) in [7, 11) is 0. The minimum atomic E-state index is 0.189. The van der Waals surface area contributed by atoms with Crippen molar-refractivity contribution in [1.29, 1.82) is 0 Å². The van der Waals surface area contributed by atoms with E-state index in [2.05, 4.69) is 61.6 Å². The molecule has 1 aliphatic carbocycles. The molecule has 24 heavy (non-hydrogen) atoms. The first kappa shape index (κ1) is 15.6. The molecule has 0 spiro atoms. The highest BCUT2D eigenvalue weighted by Gasteiger charge is 2.38. The highest BCUT2D eigenvalue weighted by atomic mass is 35.5. The number of rotatable bonds is 3. The lowest BCUT2D eigenvalue weighted by atomic mass is 9.77. The molecule has 2 nitrogen and oxygen atoms in total. The van der Waals surface area contributed by atoms with E-state index in [1.54, 1.807) is 0 Å². The predicted molar refractivity (Wildman–Crippen MR) is 100 cm³/mol. The van der Waals surface area contributed by atoms with Crippen molar-refractivity contribution in [1.82, 2.24) is 0 Å². The van der Waals surface area contributed by atoms with Gasteiger partial charge in [-0.15, -0.1) is 0 Å². The van der Waals surface area contributed by atoms with Gasteiger partial charge in [0, 0.05) is 16.6 Å². The van der Waals surface area contributed by atoms with Crippen LogP contribution >= 0.6 is 11.6 Å². The minimum absolute atomic E-state index is 0.189. The van der Waals surface area contributed by atoms with Crippen molar-refractivity contribution in [3.63, 3.8) is 0 Å². The Kier molecular flexibility index (Phi) is 4.01. The molecule has 0 bridgehead atoms. The van der Waals surface area contributed by atoms with E-state index in [4.69, 9.17) is 16.3 Å². The van der Waals surface area contributed by atoms with Crippen LogP contribution < -0.4 is 10.1 Å². The summed E-state index contributed by atoms with van der Waals surface area (Å²) in [5.41, 5.74) is 3.79. The van der Waals surface area contributed by atoms with Crippen LogP contribution in [0.1, 0.15) is 43.4 Å². The lowest BCUT2D eigenvalue weighted by Crippen LogP contribution is -2.29. The van der Waals surface area contributed by atoms with E-state index in [0.29, 0.717) is 11.8 Å². The molecule has 1 N–H and O–H groups in total. The van der Waals surface area contributed by atoms with Gasteiger partial charge in [0.1, 0.15) is 5.75 Å². The van der Waals surface area contributed by atoms with Gasteiger partial charge in [-0.25, -0.2) is 0 Å². The van der Waals surface area contributed by atoms with Crippen molar-refractivity contribution in [2.45, 2.75) is 38.3 Å². The number of nitrogens with one attached hydrogen (secondary N) is 1. The third-order valence-electron chi connectivity index (χ3n) is 4.91. The van der Waals surface area contributed by atoms with Gasteiger partial charge >= 0.3 is 0 Å². The van der Waals surface area contributed by atoms with Crippen LogP contribution in [-0.4, -0.2) is 6.10 Å². The zero-order valence-corrected chi connectivity index (χ0v) is 14.8. The van der Waals surface area contributed by atoms with Gasteiger partial charge in [-0.05, 0) is 67.6 Å². The molecule has 0 radical (unpaired) electrons. The SMILES string of the molecule is CC(C)Oc1ccc2c(c1)C1C=CCC1C(c1cccc(Cl)c1)N2. The molecule has 1 heterocycles. The van der Waals surface area contributed by atoms with Crippen molar-refractivity contribution in [3.05, 3.63) is 70.8 Å². The summed E-state index contributed by atoms with van der Waals surface area (Å²) in [4.78, 5) is 0. The Morgan fingerprint density at radius 2 is 2.04 bits per heavy atom. The first-order valence-electron chi connectivity index (χ1n) is 8.61. The quantitative estimate of drug-likeness (QED) is 0.697. The lowest BCUT2D eigenvalue weighted by Gasteiger charge is -2.37. The number of halogens is 1. The zero-order chi connectivity index (χ0) is 16.7. The van der Waals surface area contributed by atoms with Gasteiger partial charge in [-0.2, -0.15) is 0 Å². The van der Waals surface area contributed by atoms with Crippen LogP contribution in [0.3, 0.4) is 0 Å². The van der Waals surface area contributed by atoms with Crippen LogP contribution in [-0.2, 0) is 0 Å². The van der Waals surface area contributed by atoms with E-state index in [1.165, 1.54) is 16.8 Å². The zero-order valence-electron chi connectivity index (χ0n) is 14.0. The second kappa shape index (κ2) is 6.18.